The first-order valence-electron chi connectivity index (χ1n) is 5.96. The van der Waals surface area contributed by atoms with E-state index in [1.165, 1.54) is 0 Å². The number of hydrogen-bond donors (Lipinski definition) is 0. The van der Waals surface area contributed by atoms with Crippen LogP contribution in [0.15, 0.2) is 58.6 Å². The third-order valence-corrected chi connectivity index (χ3v) is 3.69. The molecule has 1 aromatic rings. The van der Waals surface area contributed by atoms with Crippen LogP contribution in [0.4, 0.5) is 5.69 Å². The Morgan fingerprint density at radius 3 is 2.94 bits per heavy atom. The lowest BCUT2D eigenvalue weighted by molar-refractivity contribution is -0.117. The van der Waals surface area contributed by atoms with Gasteiger partial charge < -0.3 is 0 Å². The lowest BCUT2D eigenvalue weighted by atomic mass is 9.71. The minimum absolute atomic E-state index is 0.0608. The van der Waals surface area contributed by atoms with Gasteiger partial charge in [-0.05, 0) is 12.1 Å². The van der Waals surface area contributed by atoms with E-state index in [1.807, 2.05) is 48.6 Å². The Balaban J connectivity index is 2.08. The molecule has 4 rings (SSSR count). The van der Waals surface area contributed by atoms with Gasteiger partial charge in [-0.2, -0.15) is 0 Å². The van der Waals surface area contributed by atoms with E-state index in [4.69, 9.17) is 0 Å². The molecule has 0 aromatic heterocycles. The van der Waals surface area contributed by atoms with Gasteiger partial charge in [-0.3, -0.25) is 9.79 Å². The number of benzene rings is 1. The summed E-state index contributed by atoms with van der Waals surface area (Å²) in [5.74, 6) is -0.0608. The summed E-state index contributed by atoms with van der Waals surface area (Å²) in [6, 6.07) is 7.86. The number of carbonyl (C=O) groups is 1. The average molecular weight is 234 g/mol. The highest BCUT2D eigenvalue weighted by Gasteiger charge is 2.48. The summed E-state index contributed by atoms with van der Waals surface area (Å²) in [7, 11) is 0. The second-order valence-corrected chi connectivity index (χ2v) is 4.73. The molecule has 1 unspecified atom stereocenters. The molecule has 3 aliphatic rings. The maximum absolute atomic E-state index is 11.8. The van der Waals surface area contributed by atoms with Crippen LogP contribution >= 0.6 is 0 Å². The van der Waals surface area contributed by atoms with Crippen LogP contribution in [0.1, 0.15) is 12.0 Å². The minimum Gasteiger partial charge on any atom is -0.273 e. The standard InChI is InChI=1S/C15H10N2O/c18-13-9-15-8-4-3-7-12(15)16-11-6-2-1-5-10(11)14(15)17-13/h1-8H,9H2. The predicted molar refractivity (Wildman–Crippen MR) is 70.4 cm³/mol. The number of fused-ring (bicyclic) bond motifs is 2. The van der Waals surface area contributed by atoms with Crippen molar-refractivity contribution in [1.82, 2.24) is 0 Å². The van der Waals surface area contributed by atoms with Gasteiger partial charge in [-0.25, -0.2) is 4.99 Å². The van der Waals surface area contributed by atoms with E-state index in [0.29, 0.717) is 6.42 Å². The Hall–Kier alpha value is -2.29. The normalized spacial score (nSPS) is 27.2. The molecular weight excluding hydrogens is 224 g/mol. The monoisotopic (exact) mass is 234 g/mol. The van der Waals surface area contributed by atoms with Crippen molar-refractivity contribution < 1.29 is 4.79 Å². The number of allylic oxidation sites excluding steroid dienone is 4. The highest BCUT2D eigenvalue weighted by molar-refractivity contribution is 6.33. The summed E-state index contributed by atoms with van der Waals surface area (Å²) in [6.07, 6.45) is 8.35. The molecule has 0 radical (unpaired) electrons. The third-order valence-electron chi connectivity index (χ3n) is 3.69. The van der Waals surface area contributed by atoms with E-state index in [9.17, 15) is 4.79 Å². The first-order valence-corrected chi connectivity index (χ1v) is 5.96. The van der Waals surface area contributed by atoms with Crippen LogP contribution in [0, 0.1) is 5.41 Å². The molecule has 18 heavy (non-hydrogen) atoms. The zero-order valence-electron chi connectivity index (χ0n) is 9.63. The van der Waals surface area contributed by atoms with E-state index in [2.05, 4.69) is 9.98 Å². The Morgan fingerprint density at radius 1 is 1.11 bits per heavy atom. The average Bonchev–Trinajstić information content (AvgIpc) is 2.72. The molecule has 2 aliphatic heterocycles. The summed E-state index contributed by atoms with van der Waals surface area (Å²) < 4.78 is 0. The van der Waals surface area contributed by atoms with Gasteiger partial charge in [0.25, 0.3) is 0 Å². The molecule has 1 aliphatic carbocycles. The molecular formula is C15H10N2O. The Kier molecular flexibility index (Phi) is 1.69. The first kappa shape index (κ1) is 9.71. The van der Waals surface area contributed by atoms with Crippen LogP contribution in [0.25, 0.3) is 0 Å². The number of aliphatic imine (C=N–C) groups is 2. The van der Waals surface area contributed by atoms with Crippen LogP contribution in [-0.2, 0) is 4.79 Å². The van der Waals surface area contributed by atoms with Gasteiger partial charge in [0, 0.05) is 12.0 Å². The van der Waals surface area contributed by atoms with Crippen LogP contribution in [0.5, 0.6) is 0 Å². The number of hydrogen-bond acceptors (Lipinski definition) is 2. The van der Waals surface area contributed by atoms with E-state index in [1.54, 1.807) is 0 Å². The maximum Gasteiger partial charge on any atom is 0.247 e. The van der Waals surface area contributed by atoms with Gasteiger partial charge in [-0.15, -0.1) is 0 Å². The van der Waals surface area contributed by atoms with Crippen molar-refractivity contribution in [2.45, 2.75) is 6.42 Å². The second-order valence-electron chi connectivity index (χ2n) is 4.73. The molecule has 1 atom stereocenters. The lowest BCUT2D eigenvalue weighted by Crippen LogP contribution is -2.38. The summed E-state index contributed by atoms with van der Waals surface area (Å²) in [4.78, 5) is 20.7. The van der Waals surface area contributed by atoms with E-state index < -0.39 is 5.41 Å². The number of nitrogens with zero attached hydrogens (tertiary/aromatic N) is 2. The molecule has 3 heteroatoms. The molecule has 0 saturated carbocycles. The summed E-state index contributed by atoms with van der Waals surface area (Å²) >= 11 is 0. The van der Waals surface area contributed by atoms with Crippen molar-refractivity contribution >= 4 is 23.0 Å². The summed E-state index contributed by atoms with van der Waals surface area (Å²) in [6.45, 7) is 0. The van der Waals surface area contributed by atoms with Crippen LogP contribution in [0.2, 0.25) is 0 Å². The fourth-order valence-electron chi connectivity index (χ4n) is 2.88. The van der Waals surface area contributed by atoms with Crippen LogP contribution in [-0.4, -0.2) is 17.3 Å². The SMILES string of the molecule is O=C1CC23C=CC=CC2=Nc2ccccc2C3=N1. The van der Waals surface area contributed by atoms with Gasteiger partial charge in [0.05, 0.1) is 22.5 Å². The van der Waals surface area contributed by atoms with Gasteiger partial charge in [0.1, 0.15) is 0 Å². The number of para-hydroxylation sites is 1. The Labute approximate surface area is 104 Å². The molecule has 1 aromatic carbocycles. The first-order chi connectivity index (χ1) is 8.79. The van der Waals surface area contributed by atoms with E-state index in [-0.39, 0.29) is 5.91 Å². The van der Waals surface area contributed by atoms with Crippen molar-refractivity contribution in [3.8, 4) is 0 Å². The fourth-order valence-corrected chi connectivity index (χ4v) is 2.88. The molecule has 1 spiro atoms. The van der Waals surface area contributed by atoms with Crippen molar-refractivity contribution in [3.63, 3.8) is 0 Å². The van der Waals surface area contributed by atoms with E-state index in [0.717, 1.165) is 22.7 Å². The molecule has 0 N–H and O–H groups in total. The smallest absolute Gasteiger partial charge is 0.247 e. The van der Waals surface area contributed by atoms with Gasteiger partial charge in [0.15, 0.2) is 0 Å². The quantitative estimate of drug-likeness (QED) is 0.680. The van der Waals surface area contributed by atoms with Gasteiger partial charge >= 0.3 is 0 Å². The molecule has 0 fully saturated rings. The molecule has 0 saturated heterocycles. The van der Waals surface area contributed by atoms with Crippen molar-refractivity contribution in [2.24, 2.45) is 15.4 Å². The summed E-state index contributed by atoms with van der Waals surface area (Å²) in [5.41, 5.74) is 3.24. The maximum atomic E-state index is 11.8. The molecule has 1 amide bonds. The fraction of sp³-hybridized carbons (Fsp3) is 0.133. The Bertz CT molecular complexity index is 694. The van der Waals surface area contributed by atoms with Gasteiger partial charge in [-0.1, -0.05) is 36.4 Å². The topological polar surface area (TPSA) is 41.8 Å². The number of amides is 1. The predicted octanol–water partition coefficient (Wildman–Crippen LogP) is 2.60. The van der Waals surface area contributed by atoms with Gasteiger partial charge in [0.2, 0.25) is 5.91 Å². The summed E-state index contributed by atoms with van der Waals surface area (Å²) in [5, 5.41) is 0. The van der Waals surface area contributed by atoms with Crippen molar-refractivity contribution in [3.05, 3.63) is 54.1 Å². The largest absolute Gasteiger partial charge is 0.273 e. The highest BCUT2D eigenvalue weighted by Crippen LogP contribution is 2.45. The zero-order chi connectivity index (χ0) is 12.2. The molecule has 86 valence electrons. The van der Waals surface area contributed by atoms with Crippen LogP contribution < -0.4 is 0 Å². The minimum atomic E-state index is -0.416. The molecule has 0 bridgehead atoms. The second kappa shape index (κ2) is 3.13. The number of carbonyl (C=O) groups excluding carboxylic acids is 1. The molecule has 3 nitrogen and oxygen atoms in total. The number of rotatable bonds is 0. The van der Waals surface area contributed by atoms with Crippen molar-refractivity contribution in [2.75, 3.05) is 0 Å². The van der Waals surface area contributed by atoms with E-state index >= 15 is 0 Å². The molecule has 2 heterocycles. The Morgan fingerprint density at radius 2 is 2.00 bits per heavy atom. The van der Waals surface area contributed by atoms with Crippen molar-refractivity contribution in [1.29, 1.82) is 0 Å². The highest BCUT2D eigenvalue weighted by atomic mass is 16.1. The third kappa shape index (κ3) is 1.06. The van der Waals surface area contributed by atoms with Crippen LogP contribution in [0.3, 0.4) is 0 Å². The zero-order valence-corrected chi connectivity index (χ0v) is 9.63. The lowest BCUT2D eigenvalue weighted by Gasteiger charge is -2.32.